The van der Waals surface area contributed by atoms with Gasteiger partial charge in [0.25, 0.3) is 5.69 Å². The lowest BCUT2D eigenvalue weighted by molar-refractivity contribution is -0.384. The predicted molar refractivity (Wildman–Crippen MR) is 81.4 cm³/mol. The summed E-state index contributed by atoms with van der Waals surface area (Å²) in [6.07, 6.45) is 2.33. The van der Waals surface area contributed by atoms with Gasteiger partial charge in [0, 0.05) is 24.4 Å². The van der Waals surface area contributed by atoms with E-state index in [1.807, 2.05) is 0 Å². The van der Waals surface area contributed by atoms with E-state index in [1.54, 1.807) is 11.0 Å². The Morgan fingerprint density at radius 2 is 2.25 bits per heavy atom. The molecule has 0 bridgehead atoms. The third kappa shape index (κ3) is 2.95. The molecule has 1 amide bonds. The number of fused-ring (bicyclic) bond motifs is 1. The predicted octanol–water partition coefficient (Wildman–Crippen LogP) is 2.83. The largest absolute Gasteiger partial charge is 0.312 e. The molecule has 1 atom stereocenters. The number of carbonyl (C=O) groups excluding carboxylic acids is 1. The van der Waals surface area contributed by atoms with Gasteiger partial charge in [0.05, 0.1) is 11.3 Å². The molecule has 0 radical (unpaired) electrons. The Bertz CT molecular complexity index is 533. The molecule has 0 aliphatic carbocycles. The van der Waals surface area contributed by atoms with Crippen LogP contribution in [0.2, 0.25) is 0 Å². The minimum atomic E-state index is -0.430. The van der Waals surface area contributed by atoms with E-state index in [-0.39, 0.29) is 18.0 Å². The van der Waals surface area contributed by atoms with E-state index in [4.69, 9.17) is 0 Å². The van der Waals surface area contributed by atoms with Gasteiger partial charge in [-0.25, -0.2) is 0 Å². The van der Waals surface area contributed by atoms with Crippen LogP contribution in [0.25, 0.3) is 0 Å². The van der Waals surface area contributed by atoms with Gasteiger partial charge >= 0.3 is 0 Å². The first-order valence-electron chi connectivity index (χ1n) is 6.75. The van der Waals surface area contributed by atoms with E-state index in [2.05, 4.69) is 19.6 Å². The fourth-order valence-electron chi connectivity index (χ4n) is 2.59. The van der Waals surface area contributed by atoms with Crippen LogP contribution in [0, 0.1) is 16.0 Å². The highest BCUT2D eigenvalue weighted by molar-refractivity contribution is 7.80. The van der Waals surface area contributed by atoms with Crippen molar-refractivity contribution in [3.63, 3.8) is 0 Å². The molecule has 0 spiro atoms. The van der Waals surface area contributed by atoms with Crippen molar-refractivity contribution in [3.05, 3.63) is 33.9 Å². The second-order valence-electron chi connectivity index (χ2n) is 5.09. The van der Waals surface area contributed by atoms with Gasteiger partial charge in [-0.3, -0.25) is 14.9 Å². The van der Waals surface area contributed by atoms with Crippen molar-refractivity contribution < 1.29 is 9.72 Å². The molecule has 0 aromatic heterocycles. The van der Waals surface area contributed by atoms with Crippen molar-refractivity contribution in [1.82, 2.24) is 0 Å². The molecular formula is C14H18N2O3S. The summed E-state index contributed by atoms with van der Waals surface area (Å²) in [7, 11) is 0. The van der Waals surface area contributed by atoms with Crippen molar-refractivity contribution >= 4 is 29.9 Å². The van der Waals surface area contributed by atoms with E-state index in [0.717, 1.165) is 29.8 Å². The maximum Gasteiger partial charge on any atom is 0.269 e. The fraction of sp³-hybridized carbons (Fsp3) is 0.500. The van der Waals surface area contributed by atoms with Gasteiger partial charge in [-0.05, 0) is 29.7 Å². The lowest BCUT2D eigenvalue weighted by atomic mass is 10.1. The number of anilines is 1. The molecule has 1 aromatic rings. The molecule has 1 aliphatic rings. The molecule has 0 N–H and O–H groups in total. The number of non-ortho nitro benzene ring substituents is 1. The van der Waals surface area contributed by atoms with E-state index in [0.29, 0.717) is 12.5 Å². The molecule has 6 heteroatoms. The highest BCUT2D eigenvalue weighted by Crippen LogP contribution is 2.33. The molecule has 1 aromatic carbocycles. The van der Waals surface area contributed by atoms with Crippen LogP contribution in [0.4, 0.5) is 11.4 Å². The van der Waals surface area contributed by atoms with Crippen LogP contribution in [0.1, 0.15) is 25.3 Å². The van der Waals surface area contributed by atoms with Gasteiger partial charge in [0.2, 0.25) is 5.91 Å². The normalized spacial score (nSPS) is 15.3. The van der Waals surface area contributed by atoms with Crippen LogP contribution < -0.4 is 4.90 Å². The van der Waals surface area contributed by atoms with E-state index in [9.17, 15) is 14.9 Å². The summed E-state index contributed by atoms with van der Waals surface area (Å²) >= 11 is 4.34. The minimum Gasteiger partial charge on any atom is -0.312 e. The quantitative estimate of drug-likeness (QED) is 0.498. The zero-order valence-corrected chi connectivity index (χ0v) is 12.3. The van der Waals surface area contributed by atoms with Gasteiger partial charge in [0.1, 0.15) is 0 Å². The number of nitro benzene ring substituents is 1. The summed E-state index contributed by atoms with van der Waals surface area (Å²) in [5, 5.41) is 10.8. The first-order valence-corrected chi connectivity index (χ1v) is 7.38. The number of amides is 1. The van der Waals surface area contributed by atoms with Crippen LogP contribution in [0.5, 0.6) is 0 Å². The first kappa shape index (κ1) is 14.8. The van der Waals surface area contributed by atoms with Gasteiger partial charge in [-0.15, -0.1) is 0 Å². The van der Waals surface area contributed by atoms with Gasteiger partial charge in [0.15, 0.2) is 0 Å². The standard InChI is InChI=1S/C14H18N2O3S/c1-2-3-10(9-20)8-15-13-5-4-12(16(18)19)6-11(13)7-14(15)17/h4-6,10,20H,2-3,7-9H2,1H3. The molecule has 2 rings (SSSR count). The molecule has 1 aliphatic heterocycles. The molecule has 5 nitrogen and oxygen atoms in total. The maximum absolute atomic E-state index is 12.1. The summed E-state index contributed by atoms with van der Waals surface area (Å²) in [5.74, 6) is 1.11. The van der Waals surface area contributed by atoms with Crippen LogP contribution in [0.3, 0.4) is 0 Å². The van der Waals surface area contributed by atoms with Crippen LogP contribution in [-0.2, 0) is 11.2 Å². The maximum atomic E-state index is 12.1. The van der Waals surface area contributed by atoms with E-state index >= 15 is 0 Å². The van der Waals surface area contributed by atoms with Crippen molar-refractivity contribution in [2.45, 2.75) is 26.2 Å². The molecule has 1 unspecified atom stereocenters. The Morgan fingerprint density at radius 3 is 2.85 bits per heavy atom. The number of benzene rings is 1. The minimum absolute atomic E-state index is 0.0170. The summed E-state index contributed by atoms with van der Waals surface area (Å²) in [4.78, 5) is 24.2. The highest BCUT2D eigenvalue weighted by atomic mass is 32.1. The number of carbonyl (C=O) groups is 1. The second-order valence-corrected chi connectivity index (χ2v) is 5.45. The first-order chi connectivity index (χ1) is 9.56. The Labute approximate surface area is 123 Å². The number of thiol groups is 1. The van der Waals surface area contributed by atoms with Gasteiger partial charge in [-0.2, -0.15) is 12.6 Å². The molecule has 20 heavy (non-hydrogen) atoms. The Hall–Kier alpha value is -1.56. The third-order valence-electron chi connectivity index (χ3n) is 3.60. The third-order valence-corrected chi connectivity index (χ3v) is 4.12. The van der Waals surface area contributed by atoms with E-state index in [1.165, 1.54) is 12.1 Å². The molecule has 0 fully saturated rings. The zero-order chi connectivity index (χ0) is 14.7. The van der Waals surface area contributed by atoms with Crippen molar-refractivity contribution in [1.29, 1.82) is 0 Å². The number of nitrogens with zero attached hydrogens (tertiary/aromatic N) is 2. The van der Waals surface area contributed by atoms with Crippen LogP contribution >= 0.6 is 12.6 Å². The topological polar surface area (TPSA) is 63.5 Å². The number of rotatable bonds is 6. The second kappa shape index (κ2) is 6.26. The monoisotopic (exact) mass is 294 g/mol. The summed E-state index contributed by atoms with van der Waals surface area (Å²) in [6, 6.07) is 4.64. The average molecular weight is 294 g/mol. The lowest BCUT2D eigenvalue weighted by Gasteiger charge is -2.23. The van der Waals surface area contributed by atoms with E-state index < -0.39 is 4.92 Å². The van der Waals surface area contributed by atoms with Crippen molar-refractivity contribution in [3.8, 4) is 0 Å². The molecular weight excluding hydrogens is 276 g/mol. The average Bonchev–Trinajstić information content (AvgIpc) is 2.73. The summed E-state index contributed by atoms with van der Waals surface area (Å²) < 4.78 is 0. The molecule has 0 saturated carbocycles. The number of hydrogen-bond donors (Lipinski definition) is 1. The summed E-state index contributed by atoms with van der Waals surface area (Å²) in [5.41, 5.74) is 1.60. The number of nitro groups is 1. The lowest BCUT2D eigenvalue weighted by Crippen LogP contribution is -2.33. The Morgan fingerprint density at radius 1 is 1.50 bits per heavy atom. The zero-order valence-electron chi connectivity index (χ0n) is 11.4. The Balaban J connectivity index is 2.22. The van der Waals surface area contributed by atoms with Crippen molar-refractivity contribution in [2.24, 2.45) is 5.92 Å². The molecule has 1 heterocycles. The fourth-order valence-corrected chi connectivity index (χ4v) is 2.89. The van der Waals surface area contributed by atoms with Gasteiger partial charge in [-0.1, -0.05) is 13.3 Å². The number of hydrogen-bond acceptors (Lipinski definition) is 4. The van der Waals surface area contributed by atoms with Crippen molar-refractivity contribution in [2.75, 3.05) is 17.2 Å². The van der Waals surface area contributed by atoms with Crippen LogP contribution in [0.15, 0.2) is 18.2 Å². The molecule has 108 valence electrons. The highest BCUT2D eigenvalue weighted by Gasteiger charge is 2.30. The van der Waals surface area contributed by atoms with Gasteiger partial charge < -0.3 is 4.90 Å². The van der Waals surface area contributed by atoms with Crippen LogP contribution in [-0.4, -0.2) is 23.1 Å². The SMILES string of the molecule is CCCC(CS)CN1C(=O)Cc2cc([N+](=O)[O-])ccc21. The summed E-state index contributed by atoms with van der Waals surface area (Å²) in [6.45, 7) is 2.75. The molecule has 0 saturated heterocycles. The Kier molecular flexibility index (Phi) is 4.65. The smallest absolute Gasteiger partial charge is 0.269 e.